The number of phenols is 1. The maximum atomic E-state index is 16.7. The second kappa shape index (κ2) is 10.4. The molecule has 3 fully saturated rings. The average Bonchev–Trinajstić information content (AvgIpc) is 3.20. The lowest BCUT2D eigenvalue weighted by molar-refractivity contribution is 0.0123. The molecule has 1 N–H and O–H groups in total. The molecule has 2 bridgehead atoms. The Morgan fingerprint density at radius 1 is 1.00 bits per heavy atom. The van der Waals surface area contributed by atoms with Crippen LogP contribution in [0.1, 0.15) is 33.6 Å². The Labute approximate surface area is 256 Å². The number of likely N-dealkylation sites (N-methyl/N-ethyl adjacent to an activating group) is 1. The summed E-state index contributed by atoms with van der Waals surface area (Å²) in [7, 11) is 4.09. The molecule has 11 heteroatoms. The minimum Gasteiger partial charge on any atom is -0.508 e. The molecule has 5 heterocycles. The molecule has 0 spiro atoms. The van der Waals surface area contributed by atoms with E-state index in [2.05, 4.69) is 19.7 Å². The minimum absolute atomic E-state index is 0.0325. The van der Waals surface area contributed by atoms with Crippen molar-refractivity contribution in [2.24, 2.45) is 0 Å². The molecule has 44 heavy (non-hydrogen) atoms. The molecule has 0 saturated carbocycles. The number of benzene rings is 2. The molecular formula is C33H38FN7O3. The number of ether oxygens (including phenoxy) is 1. The van der Waals surface area contributed by atoms with Gasteiger partial charge in [-0.05, 0) is 70.6 Å². The van der Waals surface area contributed by atoms with Gasteiger partial charge in [-0.1, -0.05) is 24.3 Å². The molecule has 0 aliphatic carbocycles. The fourth-order valence-corrected chi connectivity index (χ4v) is 6.72. The molecule has 2 atom stereocenters. The van der Waals surface area contributed by atoms with Gasteiger partial charge in [0.1, 0.15) is 28.4 Å². The Balaban J connectivity index is 1.31. The summed E-state index contributed by atoms with van der Waals surface area (Å²) >= 11 is 0. The fourth-order valence-electron chi connectivity index (χ4n) is 6.72. The summed E-state index contributed by atoms with van der Waals surface area (Å²) < 4.78 is 22.4. The first kappa shape index (κ1) is 28.5. The van der Waals surface area contributed by atoms with Gasteiger partial charge in [-0.2, -0.15) is 4.98 Å². The Morgan fingerprint density at radius 3 is 2.39 bits per heavy atom. The highest BCUT2D eigenvalue weighted by Gasteiger charge is 2.45. The number of pyridine rings is 1. The van der Waals surface area contributed by atoms with Gasteiger partial charge in [0.25, 0.3) is 0 Å². The number of piperazine rings is 1. The first-order valence-corrected chi connectivity index (χ1v) is 15.2. The molecule has 2 aromatic carbocycles. The molecule has 4 aromatic rings. The van der Waals surface area contributed by atoms with Crippen LogP contribution in [0, 0.1) is 5.82 Å². The number of phenolic OH excluding ortho intramolecular Hbond substituents is 1. The molecule has 7 rings (SSSR count). The number of halogens is 1. The van der Waals surface area contributed by atoms with E-state index in [0.717, 1.165) is 36.7 Å². The summed E-state index contributed by atoms with van der Waals surface area (Å²) in [5, 5.41) is 12.6. The lowest BCUT2D eigenvalue weighted by Gasteiger charge is -2.44. The minimum atomic E-state index is -0.575. The van der Waals surface area contributed by atoms with E-state index in [9.17, 15) is 9.90 Å². The van der Waals surface area contributed by atoms with Crippen molar-refractivity contribution in [3.05, 3.63) is 48.4 Å². The zero-order chi connectivity index (χ0) is 30.9. The molecule has 3 aliphatic heterocycles. The van der Waals surface area contributed by atoms with Crippen LogP contribution in [0.15, 0.2) is 42.6 Å². The van der Waals surface area contributed by atoms with Crippen molar-refractivity contribution >= 4 is 39.5 Å². The third-order valence-corrected chi connectivity index (χ3v) is 9.02. The average molecular weight is 600 g/mol. The second-order valence-electron chi connectivity index (χ2n) is 13.4. The largest absolute Gasteiger partial charge is 0.508 e. The van der Waals surface area contributed by atoms with Gasteiger partial charge in [-0.25, -0.2) is 14.2 Å². The lowest BCUT2D eigenvalue weighted by Crippen LogP contribution is -2.58. The number of aromatic hydroxyl groups is 1. The van der Waals surface area contributed by atoms with Crippen molar-refractivity contribution in [2.45, 2.75) is 57.3 Å². The van der Waals surface area contributed by atoms with E-state index in [1.807, 2.05) is 64.0 Å². The van der Waals surface area contributed by atoms with Crippen LogP contribution < -0.4 is 9.80 Å². The predicted octanol–water partition coefficient (Wildman–Crippen LogP) is 5.03. The highest BCUT2D eigenvalue weighted by atomic mass is 19.1. The molecule has 2 aromatic heterocycles. The number of fused-ring (bicyclic) bond motifs is 4. The van der Waals surface area contributed by atoms with Crippen molar-refractivity contribution < 1.29 is 19.0 Å². The topological polar surface area (TPSA) is 98.2 Å². The zero-order valence-electron chi connectivity index (χ0n) is 25.8. The Bertz CT molecular complexity index is 1750. The number of anilines is 2. The molecule has 1 amide bonds. The number of aromatic nitrogens is 3. The smallest absolute Gasteiger partial charge is 0.410 e. The summed E-state index contributed by atoms with van der Waals surface area (Å²) in [6.45, 7) is 8.24. The van der Waals surface area contributed by atoms with Crippen molar-refractivity contribution in [3.8, 4) is 17.0 Å². The normalized spacial score (nSPS) is 20.6. The van der Waals surface area contributed by atoms with E-state index in [-0.39, 0.29) is 35.1 Å². The predicted molar refractivity (Wildman–Crippen MR) is 169 cm³/mol. The standard InChI is InChI=1S/C33H38FN7O3/c1-33(2,3)44-32(43)41-20-10-11-21(41)16-39(15-20)30-26-14-35-28(25-13-23(42)12-19-8-6-7-9-24(19)25)27(34)29(26)36-31(37-30)40-17-22(18-40)38(4)5/h6-9,12-14,20-22,42H,10-11,15-18H2,1-5H3. The Hall–Kier alpha value is -4.25. The maximum Gasteiger partial charge on any atom is 0.410 e. The van der Waals surface area contributed by atoms with Crippen molar-refractivity contribution in [3.63, 3.8) is 0 Å². The van der Waals surface area contributed by atoms with E-state index in [1.54, 1.807) is 18.3 Å². The molecule has 230 valence electrons. The van der Waals surface area contributed by atoms with E-state index in [1.165, 1.54) is 0 Å². The third-order valence-electron chi connectivity index (χ3n) is 9.02. The molecule has 10 nitrogen and oxygen atoms in total. The van der Waals surface area contributed by atoms with Gasteiger partial charge in [0.05, 0.1) is 17.5 Å². The lowest BCUT2D eigenvalue weighted by atomic mass is 10.00. The number of nitrogens with zero attached hydrogens (tertiary/aromatic N) is 7. The van der Waals surface area contributed by atoms with Crippen LogP contribution in [-0.4, -0.2) is 100.0 Å². The van der Waals surface area contributed by atoms with Crippen molar-refractivity contribution in [2.75, 3.05) is 50.1 Å². The molecular weight excluding hydrogens is 561 g/mol. The van der Waals surface area contributed by atoms with E-state index < -0.39 is 11.4 Å². The zero-order valence-corrected chi connectivity index (χ0v) is 25.8. The van der Waals surface area contributed by atoms with Crippen LogP contribution in [-0.2, 0) is 4.74 Å². The summed E-state index contributed by atoms with van der Waals surface area (Å²) in [5.41, 5.74) is 0.249. The molecule has 2 unspecified atom stereocenters. The van der Waals surface area contributed by atoms with Crippen LogP contribution in [0.3, 0.4) is 0 Å². The number of amides is 1. The SMILES string of the molecule is CN(C)C1CN(c2nc(N3CC4CCC(C3)N4C(=O)OC(C)(C)C)c3cnc(-c4cc(O)cc5ccccc45)c(F)c3n2)C1. The van der Waals surface area contributed by atoms with Crippen molar-refractivity contribution in [1.29, 1.82) is 0 Å². The van der Waals surface area contributed by atoms with Gasteiger partial charge >= 0.3 is 6.09 Å². The third kappa shape index (κ3) is 4.92. The van der Waals surface area contributed by atoms with Gasteiger partial charge in [-0.3, -0.25) is 9.88 Å². The van der Waals surface area contributed by atoms with Gasteiger partial charge in [0.2, 0.25) is 5.95 Å². The summed E-state index contributed by atoms with van der Waals surface area (Å²) in [6, 6.07) is 11.0. The number of carbonyl (C=O) groups is 1. The second-order valence-corrected chi connectivity index (χ2v) is 13.4. The van der Waals surface area contributed by atoms with E-state index in [4.69, 9.17) is 14.7 Å². The number of hydrogen-bond donors (Lipinski definition) is 1. The molecule has 3 saturated heterocycles. The Kier molecular flexibility index (Phi) is 6.76. The quantitative estimate of drug-likeness (QED) is 0.347. The number of rotatable bonds is 4. The first-order chi connectivity index (χ1) is 21.0. The highest BCUT2D eigenvalue weighted by molar-refractivity contribution is 6.00. The van der Waals surface area contributed by atoms with Crippen LogP contribution >= 0.6 is 0 Å². The van der Waals surface area contributed by atoms with Crippen molar-refractivity contribution in [1.82, 2.24) is 24.8 Å². The van der Waals surface area contributed by atoms with Crippen LogP contribution in [0.2, 0.25) is 0 Å². The summed E-state index contributed by atoms with van der Waals surface area (Å²) in [6.07, 6.45) is 3.10. The first-order valence-electron chi connectivity index (χ1n) is 15.2. The van der Waals surface area contributed by atoms with Gasteiger partial charge < -0.3 is 24.5 Å². The maximum absolute atomic E-state index is 16.7. The van der Waals surface area contributed by atoms with E-state index >= 15 is 4.39 Å². The number of hydrogen-bond acceptors (Lipinski definition) is 9. The van der Waals surface area contributed by atoms with Gasteiger partial charge in [0, 0.05) is 44.0 Å². The van der Waals surface area contributed by atoms with E-state index in [0.29, 0.717) is 41.8 Å². The van der Waals surface area contributed by atoms with Crippen LogP contribution in [0.25, 0.3) is 32.9 Å². The fraction of sp³-hybridized carbons (Fsp3) is 0.455. The van der Waals surface area contributed by atoms with Gasteiger partial charge in [0.15, 0.2) is 5.82 Å². The molecule has 0 radical (unpaired) electrons. The highest BCUT2D eigenvalue weighted by Crippen LogP contribution is 2.40. The Morgan fingerprint density at radius 2 is 1.70 bits per heavy atom. The monoisotopic (exact) mass is 599 g/mol. The van der Waals surface area contributed by atoms with Crippen LogP contribution in [0.5, 0.6) is 5.75 Å². The molecule has 3 aliphatic rings. The van der Waals surface area contributed by atoms with Crippen LogP contribution in [0.4, 0.5) is 21.0 Å². The number of carbonyl (C=O) groups excluding carboxylic acids is 1. The summed E-state index contributed by atoms with van der Waals surface area (Å²) in [4.78, 5) is 35.8. The van der Waals surface area contributed by atoms with Gasteiger partial charge in [-0.15, -0.1) is 0 Å². The summed E-state index contributed by atoms with van der Waals surface area (Å²) in [5.74, 6) is 0.586.